The number of benzene rings is 2. The molecule has 2 fully saturated rings. The molecule has 1 aliphatic carbocycles. The number of hydrogen-bond acceptors (Lipinski definition) is 14. The quantitative estimate of drug-likeness (QED) is 0.0950. The summed E-state index contributed by atoms with van der Waals surface area (Å²) in [5.74, 6) is 0.725. The molecule has 10 rings (SSSR count). The van der Waals surface area contributed by atoms with Crippen molar-refractivity contribution < 1.29 is 24.2 Å². The van der Waals surface area contributed by atoms with E-state index in [0.29, 0.717) is 40.8 Å². The van der Waals surface area contributed by atoms with E-state index in [0.717, 1.165) is 54.9 Å². The normalized spacial score (nSPS) is 20.2. The smallest absolute Gasteiger partial charge is 0.248 e. The molecule has 0 bridgehead atoms. The van der Waals surface area contributed by atoms with E-state index >= 15 is 0 Å². The molecule has 5 aromatic heterocycles. The van der Waals surface area contributed by atoms with Gasteiger partial charge in [-0.3, -0.25) is 28.6 Å². The van der Waals surface area contributed by atoms with Crippen molar-refractivity contribution in [2.45, 2.75) is 117 Å². The Bertz CT molecular complexity index is 3180. The maximum Gasteiger partial charge on any atom is 0.248 e. The first-order valence-corrected chi connectivity index (χ1v) is 26.2. The van der Waals surface area contributed by atoms with Crippen LogP contribution in [0.2, 0.25) is 5.02 Å². The Labute approximate surface area is 429 Å². The number of thiazole rings is 1. The second kappa shape index (κ2) is 20.1. The number of fused-ring (bicyclic) bond motifs is 3. The Hall–Kier alpha value is -6.67. The van der Waals surface area contributed by atoms with Gasteiger partial charge in [0, 0.05) is 64.6 Å². The van der Waals surface area contributed by atoms with Crippen LogP contribution in [0.25, 0.3) is 26.7 Å². The first-order valence-electron chi connectivity index (χ1n) is 24.1. The lowest BCUT2D eigenvalue weighted by Gasteiger charge is -2.35. The zero-order valence-corrected chi connectivity index (χ0v) is 43.3. The molecule has 2 aliphatic heterocycles. The minimum Gasteiger partial charge on any atom is -0.473 e. The molecular weight excluding hydrogens is 972 g/mol. The number of likely N-dealkylation sites (tertiary alicyclic amines) is 1. The SMILES string of the molecule is Cc1ncsc1-c1ccc([C@H](C)NC(=O)[C@@H]2C[C@@H](O)CN2C(=O)[C@H](C(C)C)n2cc(-c3cnc(OC4CC(NC(=O)C[C@@H]5N=C(c6ccc(Cl)cc6)c6c(sc(C)c6C)-n6c(C)nnc65)C4)cn3)cn2)cc1. The number of carbonyl (C=O) groups excluding carboxylic acids is 3. The fourth-order valence-corrected chi connectivity index (χ4v) is 11.9. The summed E-state index contributed by atoms with van der Waals surface area (Å²) in [5, 5.41) is 32.1. The van der Waals surface area contributed by atoms with Crippen LogP contribution in [0.15, 0.2) is 83.8 Å². The maximum atomic E-state index is 14.3. The molecule has 0 radical (unpaired) electrons. The number of aliphatic hydroxyl groups excluding tert-OH is 1. The largest absolute Gasteiger partial charge is 0.473 e. The number of aliphatic hydroxyl groups is 1. The summed E-state index contributed by atoms with van der Waals surface area (Å²) >= 11 is 9.52. The predicted molar refractivity (Wildman–Crippen MR) is 276 cm³/mol. The summed E-state index contributed by atoms with van der Waals surface area (Å²) in [4.78, 5) is 64.3. The molecule has 1 saturated heterocycles. The number of carbonyl (C=O) groups is 3. The van der Waals surface area contributed by atoms with Crippen LogP contribution in [-0.4, -0.2) is 104 Å². The predicted octanol–water partition coefficient (Wildman–Crippen LogP) is 8.04. The molecule has 17 nitrogen and oxygen atoms in total. The average Bonchev–Trinajstić information content (AvgIpc) is 4.19. The number of halogens is 1. The van der Waals surface area contributed by atoms with E-state index in [9.17, 15) is 19.5 Å². The van der Waals surface area contributed by atoms with Crippen molar-refractivity contribution >= 4 is 57.7 Å². The van der Waals surface area contributed by atoms with Crippen molar-refractivity contribution in [1.29, 1.82) is 0 Å². The first kappa shape index (κ1) is 48.9. The summed E-state index contributed by atoms with van der Waals surface area (Å²) in [5.41, 5.74) is 9.79. The third-order valence-electron chi connectivity index (χ3n) is 13.8. The fraction of sp³-hybridized carbons (Fsp3) is 0.385. The molecular formula is C52H55ClN12O5S2. The zero-order chi connectivity index (χ0) is 50.5. The molecule has 0 unspecified atom stereocenters. The van der Waals surface area contributed by atoms with Gasteiger partial charge in [0.15, 0.2) is 5.82 Å². The van der Waals surface area contributed by atoms with Gasteiger partial charge in [-0.15, -0.1) is 32.9 Å². The molecule has 2 aromatic carbocycles. The van der Waals surface area contributed by atoms with Gasteiger partial charge in [-0.1, -0.05) is 61.8 Å². The number of hydrogen-bond donors (Lipinski definition) is 3. The number of ether oxygens (including phenoxy) is 1. The average molecular weight is 1030 g/mol. The summed E-state index contributed by atoms with van der Waals surface area (Å²) in [6, 6.07) is 13.0. The Balaban J connectivity index is 0.743. The van der Waals surface area contributed by atoms with E-state index in [4.69, 9.17) is 21.3 Å². The lowest BCUT2D eigenvalue weighted by molar-refractivity contribution is -0.142. The number of amides is 3. The molecule has 7 aromatic rings. The Morgan fingerprint density at radius 2 is 1.65 bits per heavy atom. The summed E-state index contributed by atoms with van der Waals surface area (Å²) in [6.07, 6.45) is 6.93. The third kappa shape index (κ3) is 9.69. The van der Waals surface area contributed by atoms with E-state index in [-0.39, 0.29) is 61.2 Å². The van der Waals surface area contributed by atoms with Crippen LogP contribution in [0.1, 0.15) is 109 Å². The lowest BCUT2D eigenvalue weighted by atomic mass is 9.89. The molecule has 3 aliphatic rings. The van der Waals surface area contributed by atoms with Gasteiger partial charge in [0.2, 0.25) is 23.6 Å². The third-order valence-corrected chi connectivity index (χ3v) is 16.2. The van der Waals surface area contributed by atoms with E-state index < -0.39 is 24.2 Å². The Morgan fingerprint density at radius 1 is 0.903 bits per heavy atom. The summed E-state index contributed by atoms with van der Waals surface area (Å²) < 4.78 is 9.79. The van der Waals surface area contributed by atoms with E-state index in [1.807, 2.05) is 93.2 Å². The molecule has 20 heteroatoms. The second-order valence-corrected chi connectivity index (χ2v) is 21.7. The molecule has 372 valence electrons. The monoisotopic (exact) mass is 1030 g/mol. The molecule has 0 spiro atoms. The molecule has 7 heterocycles. The molecule has 3 amide bonds. The zero-order valence-electron chi connectivity index (χ0n) is 40.9. The van der Waals surface area contributed by atoms with Gasteiger partial charge in [0.1, 0.15) is 35.1 Å². The van der Waals surface area contributed by atoms with Gasteiger partial charge >= 0.3 is 0 Å². The minimum absolute atomic E-state index is 0.0374. The van der Waals surface area contributed by atoms with Crippen LogP contribution in [0, 0.1) is 33.6 Å². The van der Waals surface area contributed by atoms with Gasteiger partial charge in [-0.05, 0) is 69.4 Å². The van der Waals surface area contributed by atoms with Crippen LogP contribution >= 0.6 is 34.3 Å². The van der Waals surface area contributed by atoms with Crippen molar-refractivity contribution in [2.24, 2.45) is 10.9 Å². The standard InChI is InChI=1S/C52H55ClN12O5S2/c1-26(2)47(51(69)63-24-38(66)18-42(63)50(68)58-28(4)32-8-10-34(11-9-32)48-29(5)56-25-71-48)64-23-35(20-57-64)41-21-55-44(22-54-41)70-39-16-37(17-39)59-43(67)19-40-49-62-61-31(7)65(49)52-45(27(3)30(6)72-52)46(60-40)33-12-14-36(53)15-13-33/h8-15,20-23,25-26,28,37-40,42,47,66H,16-19,24H2,1-7H3,(H,58,68)(H,59,67)/t28-,37?,38+,39?,40-,42-,47-/m0/s1. The highest BCUT2D eigenvalue weighted by atomic mass is 35.5. The lowest BCUT2D eigenvalue weighted by Crippen LogP contribution is -2.49. The number of thiophene rings is 1. The van der Waals surface area contributed by atoms with Crippen molar-refractivity contribution in [1.82, 2.24) is 55.0 Å². The highest BCUT2D eigenvalue weighted by Crippen LogP contribution is 2.40. The minimum atomic E-state index is -0.848. The number of aryl methyl sites for hydroxylation is 3. The van der Waals surface area contributed by atoms with Crippen molar-refractivity contribution in [3.8, 4) is 32.6 Å². The summed E-state index contributed by atoms with van der Waals surface area (Å²) in [6.45, 7) is 13.9. The van der Waals surface area contributed by atoms with E-state index in [1.165, 1.54) is 9.78 Å². The highest BCUT2D eigenvalue weighted by Gasteiger charge is 2.43. The van der Waals surface area contributed by atoms with E-state index in [1.54, 1.807) is 52.1 Å². The highest BCUT2D eigenvalue weighted by molar-refractivity contribution is 7.15. The van der Waals surface area contributed by atoms with Crippen LogP contribution in [0.5, 0.6) is 5.88 Å². The number of nitrogens with one attached hydrogen (secondary N) is 2. The molecule has 72 heavy (non-hydrogen) atoms. The van der Waals surface area contributed by atoms with Crippen molar-refractivity contribution in [3.63, 3.8) is 0 Å². The number of nitrogens with zero attached hydrogens (tertiary/aromatic N) is 10. The van der Waals surface area contributed by atoms with Crippen molar-refractivity contribution in [3.05, 3.63) is 128 Å². The van der Waals surface area contributed by atoms with E-state index in [2.05, 4.69) is 54.7 Å². The van der Waals surface area contributed by atoms with Crippen LogP contribution in [-0.2, 0) is 14.4 Å². The number of β-amino-alcohol motifs (C(OH)–C–C–N with tert-alkyl or cyclic N) is 1. The molecule has 3 N–H and O–H groups in total. The summed E-state index contributed by atoms with van der Waals surface area (Å²) in [7, 11) is 0. The van der Waals surface area contributed by atoms with Crippen LogP contribution < -0.4 is 15.4 Å². The number of aliphatic imine (C=N–C) groups is 1. The molecule has 5 atom stereocenters. The van der Waals surface area contributed by atoms with Gasteiger partial charge in [0.05, 0.1) is 64.6 Å². The number of aromatic nitrogens is 8. The van der Waals surface area contributed by atoms with Gasteiger partial charge in [-0.2, -0.15) is 5.10 Å². The van der Waals surface area contributed by atoms with Gasteiger partial charge < -0.3 is 25.4 Å². The Kier molecular flexibility index (Phi) is 13.7. The maximum absolute atomic E-state index is 14.3. The fourth-order valence-electron chi connectivity index (χ4n) is 9.77. The van der Waals surface area contributed by atoms with Crippen LogP contribution in [0.3, 0.4) is 0 Å². The van der Waals surface area contributed by atoms with Crippen LogP contribution in [0.4, 0.5) is 0 Å². The Morgan fingerprint density at radius 3 is 2.35 bits per heavy atom. The van der Waals surface area contributed by atoms with Crippen molar-refractivity contribution in [2.75, 3.05) is 6.54 Å². The first-order chi connectivity index (χ1) is 34.6. The second-order valence-electron chi connectivity index (χ2n) is 19.2. The number of rotatable bonds is 14. The topological polar surface area (TPSA) is 208 Å². The van der Waals surface area contributed by atoms with Gasteiger partial charge in [0.25, 0.3) is 0 Å². The van der Waals surface area contributed by atoms with Gasteiger partial charge in [-0.25, -0.2) is 15.0 Å². The molecule has 1 saturated carbocycles.